The van der Waals surface area contributed by atoms with Crippen LogP contribution in [0.15, 0.2) is 0 Å². The molecule has 2 atom stereocenters. The maximum Gasteiger partial charge on any atom is 0.309 e. The van der Waals surface area contributed by atoms with Gasteiger partial charge in [0, 0.05) is 26.6 Å². The van der Waals surface area contributed by atoms with E-state index in [9.17, 15) is 4.79 Å². The molecular weight excluding hydrogens is 184 g/mol. The largest absolute Gasteiger partial charge is 0.481 e. The number of ether oxygens (including phenoxy) is 2. The second-order valence-corrected chi connectivity index (χ2v) is 4.37. The van der Waals surface area contributed by atoms with Gasteiger partial charge in [-0.1, -0.05) is 6.92 Å². The summed E-state index contributed by atoms with van der Waals surface area (Å²) in [5, 5.41) is 9.10. The molecule has 0 aromatic carbocycles. The first-order chi connectivity index (χ1) is 6.40. The average molecular weight is 202 g/mol. The summed E-state index contributed by atoms with van der Waals surface area (Å²) in [4.78, 5) is 11.1. The van der Waals surface area contributed by atoms with E-state index in [4.69, 9.17) is 14.6 Å². The molecule has 0 spiro atoms. The predicted molar refractivity (Wildman–Crippen MR) is 50.9 cm³/mol. The summed E-state index contributed by atoms with van der Waals surface area (Å²) in [6.45, 7) is 3.70. The summed E-state index contributed by atoms with van der Waals surface area (Å²) in [5.41, 5.74) is -0.731. The van der Waals surface area contributed by atoms with Crippen LogP contribution in [0.4, 0.5) is 0 Å². The fourth-order valence-corrected chi connectivity index (χ4v) is 2.41. The summed E-state index contributed by atoms with van der Waals surface area (Å²) in [7, 11) is 3.13. The van der Waals surface area contributed by atoms with Crippen LogP contribution in [-0.2, 0) is 14.3 Å². The first kappa shape index (κ1) is 11.5. The molecular formula is C10H18O4. The van der Waals surface area contributed by atoms with E-state index in [-0.39, 0.29) is 5.92 Å². The van der Waals surface area contributed by atoms with E-state index in [0.29, 0.717) is 12.8 Å². The van der Waals surface area contributed by atoms with Crippen molar-refractivity contribution in [2.75, 3.05) is 14.2 Å². The lowest BCUT2D eigenvalue weighted by Gasteiger charge is -2.31. The van der Waals surface area contributed by atoms with E-state index in [2.05, 4.69) is 0 Å². The Morgan fingerprint density at radius 1 is 1.43 bits per heavy atom. The first-order valence-corrected chi connectivity index (χ1v) is 4.74. The van der Waals surface area contributed by atoms with Crippen molar-refractivity contribution in [3.05, 3.63) is 0 Å². The van der Waals surface area contributed by atoms with Gasteiger partial charge >= 0.3 is 5.97 Å². The van der Waals surface area contributed by atoms with E-state index < -0.39 is 17.2 Å². The molecule has 1 fully saturated rings. The van der Waals surface area contributed by atoms with Gasteiger partial charge < -0.3 is 14.6 Å². The van der Waals surface area contributed by atoms with Crippen molar-refractivity contribution in [2.24, 2.45) is 11.3 Å². The van der Waals surface area contributed by atoms with Gasteiger partial charge in [0.25, 0.3) is 0 Å². The van der Waals surface area contributed by atoms with Gasteiger partial charge in [0.2, 0.25) is 0 Å². The monoisotopic (exact) mass is 202 g/mol. The number of carbonyl (C=O) groups is 1. The highest BCUT2D eigenvalue weighted by molar-refractivity contribution is 5.74. The molecule has 0 unspecified atom stereocenters. The molecule has 1 aliphatic carbocycles. The number of methoxy groups -OCH3 is 2. The smallest absolute Gasteiger partial charge is 0.309 e. The molecule has 0 radical (unpaired) electrons. The molecule has 0 bridgehead atoms. The van der Waals surface area contributed by atoms with E-state index in [1.54, 1.807) is 21.1 Å². The summed E-state index contributed by atoms with van der Waals surface area (Å²) in [6, 6.07) is 0. The second kappa shape index (κ2) is 3.51. The van der Waals surface area contributed by atoms with Crippen molar-refractivity contribution in [2.45, 2.75) is 32.5 Å². The van der Waals surface area contributed by atoms with E-state index in [0.717, 1.165) is 0 Å². The van der Waals surface area contributed by atoms with Crippen molar-refractivity contribution in [1.29, 1.82) is 0 Å². The third kappa shape index (κ3) is 1.53. The number of aliphatic carboxylic acids is 1. The first-order valence-electron chi connectivity index (χ1n) is 4.74. The Morgan fingerprint density at radius 2 is 1.93 bits per heavy atom. The molecule has 0 aliphatic heterocycles. The highest BCUT2D eigenvalue weighted by Crippen LogP contribution is 2.49. The maximum atomic E-state index is 11.1. The van der Waals surface area contributed by atoms with Crippen molar-refractivity contribution in [3.8, 4) is 0 Å². The number of carboxylic acids is 1. The minimum atomic E-state index is -0.777. The minimum Gasteiger partial charge on any atom is -0.481 e. The number of rotatable bonds is 3. The molecule has 4 nitrogen and oxygen atoms in total. The topological polar surface area (TPSA) is 55.8 Å². The van der Waals surface area contributed by atoms with Gasteiger partial charge in [0.05, 0.1) is 5.41 Å². The van der Waals surface area contributed by atoms with Gasteiger partial charge in [-0.25, -0.2) is 0 Å². The Labute approximate surface area is 84.2 Å². The Balaban J connectivity index is 2.92. The minimum absolute atomic E-state index is 0.0959. The quantitative estimate of drug-likeness (QED) is 0.704. The van der Waals surface area contributed by atoms with Gasteiger partial charge in [0.1, 0.15) is 0 Å². The number of hydrogen-bond donors (Lipinski definition) is 1. The van der Waals surface area contributed by atoms with Crippen LogP contribution in [0.2, 0.25) is 0 Å². The number of carboxylic acid groups (broad SMARTS) is 1. The lowest BCUT2D eigenvalue weighted by atomic mass is 9.88. The summed E-state index contributed by atoms with van der Waals surface area (Å²) in [6.07, 6.45) is 0.994. The van der Waals surface area contributed by atoms with Crippen molar-refractivity contribution in [3.63, 3.8) is 0 Å². The molecule has 0 saturated heterocycles. The van der Waals surface area contributed by atoms with Gasteiger partial charge in [-0.2, -0.15) is 0 Å². The summed E-state index contributed by atoms with van der Waals surface area (Å²) < 4.78 is 10.6. The summed E-state index contributed by atoms with van der Waals surface area (Å²) >= 11 is 0. The fraction of sp³-hybridized carbons (Fsp3) is 0.900. The van der Waals surface area contributed by atoms with Crippen LogP contribution in [0.25, 0.3) is 0 Å². The SMILES string of the molecule is COC1(OC)C[C@@](C)(C(=O)O)C[C@@H]1C. The standard InChI is InChI=1S/C10H18O4/c1-7-5-9(2,8(11)12)6-10(7,13-3)14-4/h7H,5-6H2,1-4H3,(H,11,12)/t7-,9-/m0/s1. The van der Waals surface area contributed by atoms with Crippen molar-refractivity contribution in [1.82, 2.24) is 0 Å². The molecule has 14 heavy (non-hydrogen) atoms. The van der Waals surface area contributed by atoms with Crippen LogP contribution in [0, 0.1) is 11.3 Å². The van der Waals surface area contributed by atoms with Crippen LogP contribution < -0.4 is 0 Å². The van der Waals surface area contributed by atoms with Crippen LogP contribution in [0.1, 0.15) is 26.7 Å². The zero-order chi connectivity index (χ0) is 11.0. The molecule has 1 rings (SSSR count). The lowest BCUT2D eigenvalue weighted by molar-refractivity contribution is -0.227. The maximum absolute atomic E-state index is 11.1. The van der Waals surface area contributed by atoms with Crippen molar-refractivity contribution >= 4 is 5.97 Å². The molecule has 0 heterocycles. The Morgan fingerprint density at radius 3 is 2.14 bits per heavy atom. The second-order valence-electron chi connectivity index (χ2n) is 4.37. The highest BCUT2D eigenvalue weighted by Gasteiger charge is 2.55. The molecule has 0 aromatic rings. The average Bonchev–Trinajstić information content (AvgIpc) is 2.40. The third-order valence-corrected chi connectivity index (χ3v) is 3.35. The van der Waals surface area contributed by atoms with Gasteiger partial charge in [-0.05, 0) is 13.3 Å². The van der Waals surface area contributed by atoms with Crippen molar-refractivity contribution < 1.29 is 19.4 Å². The van der Waals surface area contributed by atoms with Gasteiger partial charge in [0.15, 0.2) is 5.79 Å². The molecule has 0 aromatic heterocycles. The normalized spacial score (nSPS) is 35.9. The molecule has 82 valence electrons. The van der Waals surface area contributed by atoms with Crippen LogP contribution in [0.5, 0.6) is 0 Å². The zero-order valence-corrected chi connectivity index (χ0v) is 9.16. The highest BCUT2D eigenvalue weighted by atomic mass is 16.7. The van der Waals surface area contributed by atoms with E-state index in [1.165, 1.54) is 0 Å². The van der Waals surface area contributed by atoms with Gasteiger partial charge in [-0.3, -0.25) is 4.79 Å². The lowest BCUT2D eigenvalue weighted by Crippen LogP contribution is -2.37. The summed E-state index contributed by atoms with van der Waals surface area (Å²) in [5.74, 6) is -1.41. The Kier molecular flexibility index (Phi) is 2.88. The zero-order valence-electron chi connectivity index (χ0n) is 9.16. The Hall–Kier alpha value is -0.610. The third-order valence-electron chi connectivity index (χ3n) is 3.35. The van der Waals surface area contributed by atoms with Crippen LogP contribution in [0.3, 0.4) is 0 Å². The molecule has 4 heteroatoms. The van der Waals surface area contributed by atoms with Gasteiger partial charge in [-0.15, -0.1) is 0 Å². The molecule has 0 amide bonds. The molecule has 1 aliphatic rings. The Bertz CT molecular complexity index is 234. The fourth-order valence-electron chi connectivity index (χ4n) is 2.41. The molecule has 1 N–H and O–H groups in total. The van der Waals surface area contributed by atoms with E-state index >= 15 is 0 Å². The van der Waals surface area contributed by atoms with E-state index in [1.807, 2.05) is 6.92 Å². The molecule has 1 saturated carbocycles. The number of hydrogen-bond acceptors (Lipinski definition) is 3. The predicted octanol–water partition coefficient (Wildman–Crippen LogP) is 1.50. The van der Waals surface area contributed by atoms with Crippen LogP contribution in [-0.4, -0.2) is 31.1 Å². The van der Waals surface area contributed by atoms with Crippen LogP contribution >= 0.6 is 0 Å².